The number of amides is 2. The number of fused-ring (bicyclic) bond motifs is 2. The van der Waals surface area contributed by atoms with Crippen LogP contribution in [0.4, 0.5) is 11.4 Å². The smallest absolute Gasteiger partial charge is 0.260 e. The van der Waals surface area contributed by atoms with Crippen molar-refractivity contribution < 1.29 is 19.8 Å². The first kappa shape index (κ1) is 21.3. The van der Waals surface area contributed by atoms with E-state index < -0.39 is 0 Å². The molecule has 1 aliphatic rings. The Bertz CT molecular complexity index is 1260. The van der Waals surface area contributed by atoms with Gasteiger partial charge < -0.3 is 20.0 Å². The first-order valence-corrected chi connectivity index (χ1v) is 10.9. The summed E-state index contributed by atoms with van der Waals surface area (Å²) < 4.78 is 0. The van der Waals surface area contributed by atoms with Gasteiger partial charge in [-0.05, 0) is 47.5 Å². The van der Waals surface area contributed by atoms with Crippen LogP contribution in [0.2, 0.25) is 0 Å². The summed E-state index contributed by atoms with van der Waals surface area (Å²) in [5.41, 5.74) is 2.99. The van der Waals surface area contributed by atoms with Gasteiger partial charge in [0.15, 0.2) is 0 Å². The molecule has 6 heteroatoms. The molecule has 0 aliphatic carbocycles. The van der Waals surface area contributed by atoms with Crippen LogP contribution in [0.15, 0.2) is 97.1 Å². The lowest BCUT2D eigenvalue weighted by Gasteiger charge is -2.33. The van der Waals surface area contributed by atoms with Crippen molar-refractivity contribution in [3.05, 3.63) is 119 Å². The van der Waals surface area contributed by atoms with Crippen LogP contribution in [0.25, 0.3) is 0 Å². The van der Waals surface area contributed by atoms with E-state index >= 15 is 0 Å². The first-order chi connectivity index (χ1) is 16.5. The summed E-state index contributed by atoms with van der Waals surface area (Å²) in [6.45, 7) is 0.441. The molecule has 0 aromatic heterocycles. The number of aromatic hydroxyl groups is 2. The van der Waals surface area contributed by atoms with Gasteiger partial charge in [-0.1, -0.05) is 60.7 Å². The largest absolute Gasteiger partial charge is 0.508 e. The lowest BCUT2D eigenvalue weighted by Crippen LogP contribution is -2.40. The number of phenolic OH excluding ortho intramolecular Hbond substituents is 2. The van der Waals surface area contributed by atoms with E-state index in [1.54, 1.807) is 12.1 Å². The molecule has 0 radical (unpaired) electrons. The highest BCUT2D eigenvalue weighted by atomic mass is 16.3. The summed E-state index contributed by atoms with van der Waals surface area (Å²) in [4.78, 5) is 30.9. The molecule has 5 rings (SSSR count). The third-order valence-corrected chi connectivity index (χ3v) is 5.86. The Labute approximate surface area is 196 Å². The van der Waals surface area contributed by atoms with Crippen LogP contribution in [0.1, 0.15) is 31.8 Å². The normalized spacial score (nSPS) is 13.2. The van der Waals surface area contributed by atoms with Crippen LogP contribution < -0.4 is 9.80 Å². The number of benzene rings is 4. The van der Waals surface area contributed by atoms with Gasteiger partial charge in [-0.25, -0.2) is 0 Å². The van der Waals surface area contributed by atoms with E-state index in [9.17, 15) is 19.8 Å². The minimum absolute atomic E-state index is 0.0645. The van der Waals surface area contributed by atoms with Crippen molar-refractivity contribution in [1.82, 2.24) is 0 Å². The molecule has 0 unspecified atom stereocenters. The molecule has 0 saturated heterocycles. The number of carbonyl (C=O) groups is 2. The molecule has 2 N–H and O–H groups in total. The third-order valence-electron chi connectivity index (χ3n) is 5.86. The van der Waals surface area contributed by atoms with Crippen molar-refractivity contribution in [2.24, 2.45) is 0 Å². The zero-order valence-corrected chi connectivity index (χ0v) is 18.3. The fraction of sp³-hybridized carbons (Fsp3) is 0.0714. The Kier molecular flexibility index (Phi) is 5.47. The van der Waals surface area contributed by atoms with Gasteiger partial charge in [0.2, 0.25) is 0 Å². The fourth-order valence-corrected chi connectivity index (χ4v) is 4.22. The predicted octanol–water partition coefficient (Wildman–Crippen LogP) is 5.11. The highest BCUT2D eigenvalue weighted by molar-refractivity contribution is 6.20. The summed E-state index contributed by atoms with van der Waals surface area (Å²) in [7, 11) is 0. The lowest BCUT2D eigenvalue weighted by molar-refractivity contribution is 0.0971. The molecule has 0 fully saturated rings. The molecular weight excluding hydrogens is 428 g/mol. The van der Waals surface area contributed by atoms with Crippen molar-refractivity contribution in [1.29, 1.82) is 0 Å². The molecule has 1 aliphatic heterocycles. The molecule has 168 valence electrons. The van der Waals surface area contributed by atoms with E-state index in [-0.39, 0.29) is 47.5 Å². The summed E-state index contributed by atoms with van der Waals surface area (Å²) in [5.74, 6) is -0.838. The number of anilines is 2. The number of hydrogen-bond donors (Lipinski definition) is 2. The number of rotatable bonds is 4. The van der Waals surface area contributed by atoms with E-state index in [1.165, 1.54) is 34.1 Å². The number of phenols is 2. The zero-order valence-electron chi connectivity index (χ0n) is 18.3. The van der Waals surface area contributed by atoms with Gasteiger partial charge in [0.1, 0.15) is 11.5 Å². The molecule has 4 aromatic carbocycles. The highest BCUT2D eigenvalue weighted by Crippen LogP contribution is 2.37. The highest BCUT2D eigenvalue weighted by Gasteiger charge is 2.33. The molecule has 1 heterocycles. The second-order valence-electron chi connectivity index (χ2n) is 8.16. The topological polar surface area (TPSA) is 81.1 Å². The van der Waals surface area contributed by atoms with Gasteiger partial charge in [0.05, 0.1) is 35.6 Å². The Balaban J connectivity index is 1.71. The first-order valence-electron chi connectivity index (χ1n) is 10.9. The SMILES string of the molecule is O=C1c2cc(O)ccc2N(Cc2ccccc2)C(=O)c2cc(O)ccc2N1Cc1ccccc1. The third kappa shape index (κ3) is 3.97. The van der Waals surface area contributed by atoms with Crippen LogP contribution in [0.5, 0.6) is 11.5 Å². The summed E-state index contributed by atoms with van der Waals surface area (Å²) >= 11 is 0. The van der Waals surface area contributed by atoms with Crippen LogP contribution in [-0.4, -0.2) is 22.0 Å². The summed E-state index contributed by atoms with van der Waals surface area (Å²) in [6.07, 6.45) is 0. The average Bonchev–Trinajstić information content (AvgIpc) is 2.86. The maximum atomic E-state index is 13.9. The van der Waals surface area contributed by atoms with Gasteiger partial charge in [-0.15, -0.1) is 0 Å². The number of nitrogens with zero attached hydrogens (tertiary/aromatic N) is 2. The zero-order chi connectivity index (χ0) is 23.7. The Morgan fingerprint density at radius 3 is 1.29 bits per heavy atom. The van der Waals surface area contributed by atoms with E-state index in [4.69, 9.17) is 0 Å². The molecule has 34 heavy (non-hydrogen) atoms. The molecule has 0 bridgehead atoms. The van der Waals surface area contributed by atoms with Gasteiger partial charge in [-0.2, -0.15) is 0 Å². The quantitative estimate of drug-likeness (QED) is 0.453. The number of hydrogen-bond acceptors (Lipinski definition) is 4. The maximum Gasteiger partial charge on any atom is 0.260 e. The van der Waals surface area contributed by atoms with E-state index in [2.05, 4.69) is 0 Å². The van der Waals surface area contributed by atoms with Gasteiger partial charge in [-0.3, -0.25) is 9.59 Å². The van der Waals surface area contributed by atoms with Gasteiger partial charge in [0, 0.05) is 0 Å². The van der Waals surface area contributed by atoms with Crippen LogP contribution in [0, 0.1) is 0 Å². The number of carbonyl (C=O) groups excluding carboxylic acids is 2. The second kappa shape index (κ2) is 8.75. The molecular formula is C28H22N2O4. The van der Waals surface area contributed by atoms with Gasteiger partial charge >= 0.3 is 0 Å². The van der Waals surface area contributed by atoms with Crippen molar-refractivity contribution in [3.63, 3.8) is 0 Å². The van der Waals surface area contributed by atoms with Gasteiger partial charge in [0.25, 0.3) is 11.8 Å². The van der Waals surface area contributed by atoms with Crippen molar-refractivity contribution in [2.45, 2.75) is 13.1 Å². The molecule has 0 spiro atoms. The average molecular weight is 450 g/mol. The molecule has 0 atom stereocenters. The van der Waals surface area contributed by atoms with Crippen molar-refractivity contribution in [2.75, 3.05) is 9.80 Å². The Morgan fingerprint density at radius 2 is 0.912 bits per heavy atom. The van der Waals surface area contributed by atoms with Crippen LogP contribution in [0.3, 0.4) is 0 Å². The monoisotopic (exact) mass is 450 g/mol. The molecule has 2 amide bonds. The summed E-state index contributed by atoms with van der Waals surface area (Å²) in [5, 5.41) is 20.4. The van der Waals surface area contributed by atoms with Crippen LogP contribution >= 0.6 is 0 Å². The minimum Gasteiger partial charge on any atom is -0.508 e. The maximum absolute atomic E-state index is 13.9. The molecule has 6 nitrogen and oxygen atoms in total. The Hall–Kier alpha value is -4.58. The van der Waals surface area contributed by atoms with E-state index in [1.807, 2.05) is 60.7 Å². The van der Waals surface area contributed by atoms with Crippen LogP contribution in [-0.2, 0) is 13.1 Å². The molecule has 0 saturated carbocycles. The van der Waals surface area contributed by atoms with Crippen molar-refractivity contribution >= 4 is 23.2 Å². The lowest BCUT2D eigenvalue weighted by atomic mass is 10.0. The predicted molar refractivity (Wildman–Crippen MR) is 130 cm³/mol. The second-order valence-corrected chi connectivity index (χ2v) is 8.16. The van der Waals surface area contributed by atoms with Crippen molar-refractivity contribution in [3.8, 4) is 11.5 Å². The standard InChI is InChI=1S/C28H22N2O4/c31-21-11-13-25-23(15-21)28(34)30(18-20-9-5-2-6-10-20)26-14-12-22(32)16-24(26)27(33)29(25)17-19-7-3-1-4-8-19/h1-16,31-32H,17-18H2. The van der Waals surface area contributed by atoms with E-state index in [0.717, 1.165) is 11.1 Å². The molecule has 4 aromatic rings. The Morgan fingerprint density at radius 1 is 0.529 bits per heavy atom. The summed E-state index contributed by atoms with van der Waals surface area (Å²) in [6, 6.07) is 27.8. The van der Waals surface area contributed by atoms with E-state index in [0.29, 0.717) is 11.4 Å². The fourth-order valence-electron chi connectivity index (χ4n) is 4.22. The minimum atomic E-state index is -0.354.